The van der Waals surface area contributed by atoms with Gasteiger partial charge in [-0.1, -0.05) is 18.2 Å². The van der Waals surface area contributed by atoms with Gasteiger partial charge >= 0.3 is 11.7 Å². The van der Waals surface area contributed by atoms with Gasteiger partial charge in [0.2, 0.25) is 5.39 Å². The van der Waals surface area contributed by atoms with Crippen LogP contribution in [0, 0.1) is 5.39 Å². The number of diazo groups is 1. The highest BCUT2D eigenvalue weighted by Gasteiger charge is 1.95. The number of ether oxygens (including phenoxy) is 1. The lowest BCUT2D eigenvalue weighted by Crippen LogP contribution is -1.88. The fourth-order valence-electron chi connectivity index (χ4n) is 0.495. The normalized spacial score (nSPS) is 7.46. The molecule has 0 unspecified atom stereocenters. The van der Waals surface area contributed by atoms with E-state index in [0.717, 1.165) is 0 Å². The first-order valence-corrected chi connectivity index (χ1v) is 3.65. The van der Waals surface area contributed by atoms with Gasteiger partial charge in [-0.05, 0) is 0 Å². The second-order valence-corrected chi connectivity index (χ2v) is 2.13. The van der Waals surface area contributed by atoms with Crippen molar-refractivity contribution in [3.05, 3.63) is 35.3 Å². The first kappa shape index (κ1) is 11.1. The molecule has 0 N–H and O–H groups in total. The van der Waals surface area contributed by atoms with Crippen molar-refractivity contribution < 1.29 is 9.53 Å². The summed E-state index contributed by atoms with van der Waals surface area (Å²) in [6.45, 7) is 1.36. The fraction of sp³-hybridized carbons (Fsp3) is 0.222. The third-order valence-electron chi connectivity index (χ3n) is 1.16. The zero-order valence-electron chi connectivity index (χ0n) is 7.60. The SMILES string of the molecule is COC(C)=O.N#[N+]c1ccccc1. The van der Waals surface area contributed by atoms with Crippen molar-refractivity contribution >= 4 is 11.7 Å². The number of nitrogens with zero attached hydrogens (tertiary/aromatic N) is 2. The van der Waals surface area contributed by atoms with Gasteiger partial charge in [0.15, 0.2) is 4.98 Å². The molecule has 0 aromatic heterocycles. The molecule has 0 radical (unpaired) electrons. The Morgan fingerprint density at radius 1 is 1.38 bits per heavy atom. The minimum absolute atomic E-state index is 0.245. The van der Waals surface area contributed by atoms with Gasteiger partial charge in [0.05, 0.1) is 7.11 Å². The number of rotatable bonds is 0. The minimum atomic E-state index is -0.245. The van der Waals surface area contributed by atoms with E-state index in [1.807, 2.05) is 18.2 Å². The molecule has 1 aromatic rings. The van der Waals surface area contributed by atoms with Gasteiger partial charge in [-0.15, -0.1) is 0 Å². The van der Waals surface area contributed by atoms with Crippen LogP contribution in [0.5, 0.6) is 0 Å². The van der Waals surface area contributed by atoms with Gasteiger partial charge in [0.1, 0.15) is 0 Å². The first-order chi connectivity index (χ1) is 6.20. The topological polar surface area (TPSA) is 54.5 Å². The monoisotopic (exact) mass is 179 g/mol. The summed E-state index contributed by atoms with van der Waals surface area (Å²) in [6.07, 6.45) is 0. The van der Waals surface area contributed by atoms with E-state index >= 15 is 0 Å². The molecule has 68 valence electrons. The Hall–Kier alpha value is -1.89. The molecular weight excluding hydrogens is 168 g/mol. The van der Waals surface area contributed by atoms with Crippen molar-refractivity contribution in [2.45, 2.75) is 6.92 Å². The number of carbonyl (C=O) groups is 1. The maximum Gasteiger partial charge on any atom is 0.385 e. The molecule has 0 amide bonds. The van der Waals surface area contributed by atoms with Gasteiger partial charge < -0.3 is 4.74 Å². The summed E-state index contributed by atoms with van der Waals surface area (Å²) in [5.41, 5.74) is 0.590. The molecule has 4 nitrogen and oxygen atoms in total. The molecule has 0 aliphatic carbocycles. The maximum atomic E-state index is 9.59. The number of esters is 1. The zero-order valence-corrected chi connectivity index (χ0v) is 7.60. The van der Waals surface area contributed by atoms with Crippen LogP contribution in [-0.4, -0.2) is 13.1 Å². The third kappa shape index (κ3) is 6.51. The summed E-state index contributed by atoms with van der Waals surface area (Å²) in [5, 5.41) is 8.16. The highest BCUT2D eigenvalue weighted by atomic mass is 16.5. The van der Waals surface area contributed by atoms with Crippen LogP contribution in [0.3, 0.4) is 0 Å². The van der Waals surface area contributed by atoms with Crippen LogP contribution in [-0.2, 0) is 9.53 Å². The third-order valence-corrected chi connectivity index (χ3v) is 1.16. The van der Waals surface area contributed by atoms with E-state index in [4.69, 9.17) is 5.39 Å². The fourth-order valence-corrected chi connectivity index (χ4v) is 0.495. The lowest BCUT2D eigenvalue weighted by molar-refractivity contribution is -0.137. The summed E-state index contributed by atoms with van der Waals surface area (Å²) < 4.78 is 4.11. The highest BCUT2D eigenvalue weighted by Crippen LogP contribution is 2.07. The lowest BCUT2D eigenvalue weighted by atomic mass is 10.3. The van der Waals surface area contributed by atoms with Gasteiger partial charge in [0.25, 0.3) is 0 Å². The summed E-state index contributed by atoms with van der Waals surface area (Å²) in [5.74, 6) is -0.245. The van der Waals surface area contributed by atoms with Crippen LogP contribution >= 0.6 is 0 Å². The zero-order chi connectivity index (χ0) is 10.1. The molecule has 0 heterocycles. The Kier molecular flexibility index (Phi) is 5.81. The van der Waals surface area contributed by atoms with E-state index in [1.165, 1.54) is 14.0 Å². The standard InChI is InChI=1S/C6H5N2.C3H6O2/c7-8-6-4-2-1-3-5-6;1-3(4)5-2/h1-5H;1-2H3/q+1;. The van der Waals surface area contributed by atoms with E-state index in [-0.39, 0.29) is 5.97 Å². The minimum Gasteiger partial charge on any atom is -0.469 e. The van der Waals surface area contributed by atoms with Gasteiger partial charge in [-0.3, -0.25) is 4.79 Å². The van der Waals surface area contributed by atoms with Crippen molar-refractivity contribution in [2.75, 3.05) is 7.11 Å². The Morgan fingerprint density at radius 2 is 1.85 bits per heavy atom. The molecule has 0 atom stereocenters. The van der Waals surface area contributed by atoms with Crippen LogP contribution in [0.25, 0.3) is 4.98 Å². The van der Waals surface area contributed by atoms with E-state index in [9.17, 15) is 4.79 Å². The molecule has 0 fully saturated rings. The Morgan fingerprint density at radius 3 is 2.08 bits per heavy atom. The highest BCUT2D eigenvalue weighted by molar-refractivity contribution is 5.65. The molecule has 0 spiro atoms. The second-order valence-electron chi connectivity index (χ2n) is 2.13. The molecule has 0 bridgehead atoms. The Labute approximate surface area is 76.8 Å². The molecule has 13 heavy (non-hydrogen) atoms. The first-order valence-electron chi connectivity index (χ1n) is 3.65. The van der Waals surface area contributed by atoms with Crippen LogP contribution in [0.15, 0.2) is 30.3 Å². The van der Waals surface area contributed by atoms with Gasteiger partial charge in [-0.25, -0.2) is 0 Å². The van der Waals surface area contributed by atoms with Crippen molar-refractivity contribution in [3.8, 4) is 0 Å². The summed E-state index contributed by atoms with van der Waals surface area (Å²) >= 11 is 0. The van der Waals surface area contributed by atoms with Crippen molar-refractivity contribution in [3.63, 3.8) is 0 Å². The average molecular weight is 179 g/mol. The Balaban J connectivity index is 0.000000252. The molecule has 0 saturated carbocycles. The molecule has 1 aromatic carbocycles. The molecule has 0 aliphatic rings. The molecule has 0 saturated heterocycles. The summed E-state index contributed by atoms with van der Waals surface area (Å²) in [4.78, 5) is 12.6. The number of hydrogen-bond acceptors (Lipinski definition) is 3. The predicted octanol–water partition coefficient (Wildman–Crippen LogP) is 2.35. The molecular formula is C9H11N2O2+. The van der Waals surface area contributed by atoms with Gasteiger partial charge in [-0.2, -0.15) is 0 Å². The van der Waals surface area contributed by atoms with E-state index in [2.05, 4.69) is 9.71 Å². The predicted molar refractivity (Wildman–Crippen MR) is 48.9 cm³/mol. The second kappa shape index (κ2) is 6.80. The summed E-state index contributed by atoms with van der Waals surface area (Å²) in [7, 11) is 1.35. The van der Waals surface area contributed by atoms with E-state index < -0.39 is 0 Å². The maximum absolute atomic E-state index is 9.59. The number of benzene rings is 1. The van der Waals surface area contributed by atoms with Crippen LogP contribution in [0.2, 0.25) is 0 Å². The number of carbonyl (C=O) groups excluding carboxylic acids is 1. The van der Waals surface area contributed by atoms with Crippen molar-refractivity contribution in [1.29, 1.82) is 5.39 Å². The van der Waals surface area contributed by atoms with Crippen LogP contribution in [0.4, 0.5) is 5.69 Å². The van der Waals surface area contributed by atoms with Crippen molar-refractivity contribution in [2.24, 2.45) is 0 Å². The smallest absolute Gasteiger partial charge is 0.385 e. The van der Waals surface area contributed by atoms with Crippen molar-refractivity contribution in [1.82, 2.24) is 0 Å². The molecule has 4 heteroatoms. The summed E-state index contributed by atoms with van der Waals surface area (Å²) in [6, 6.07) is 8.94. The quantitative estimate of drug-likeness (QED) is 0.453. The van der Waals surface area contributed by atoms with Gasteiger partial charge in [0, 0.05) is 19.1 Å². The molecule has 0 aliphatic heterocycles. The lowest BCUT2D eigenvalue weighted by Gasteiger charge is -1.80. The number of methoxy groups -OCH3 is 1. The van der Waals surface area contributed by atoms with Crippen LogP contribution in [0.1, 0.15) is 6.92 Å². The van der Waals surface area contributed by atoms with E-state index in [1.54, 1.807) is 12.1 Å². The van der Waals surface area contributed by atoms with E-state index in [0.29, 0.717) is 5.69 Å². The van der Waals surface area contributed by atoms with Crippen LogP contribution < -0.4 is 0 Å². The number of hydrogen-bond donors (Lipinski definition) is 0. The molecule has 1 rings (SSSR count). The Bertz CT molecular complexity index is 290. The largest absolute Gasteiger partial charge is 0.469 e. The average Bonchev–Trinajstić information content (AvgIpc) is 2.20.